The number of likely N-dealkylation sites (N-methyl/N-ethyl adjacent to an activating group) is 1. The number of benzene rings is 1. The largest absolute Gasteiger partial charge is 0.492 e. The van der Waals surface area contributed by atoms with Gasteiger partial charge in [0.25, 0.3) is 0 Å². The highest BCUT2D eigenvalue weighted by molar-refractivity contribution is 7.17. The maximum absolute atomic E-state index is 10.9. The van der Waals surface area contributed by atoms with Gasteiger partial charge in [0.1, 0.15) is 0 Å². The van der Waals surface area contributed by atoms with E-state index < -0.39 is 0 Å². The molecule has 1 aliphatic heterocycles. The van der Waals surface area contributed by atoms with Crippen LogP contribution in [0.25, 0.3) is 4.96 Å². The van der Waals surface area contributed by atoms with Crippen molar-refractivity contribution in [3.8, 4) is 5.88 Å². The number of rotatable bonds is 4. The average molecular weight is 372 g/mol. The second-order valence-corrected chi connectivity index (χ2v) is 8.03. The smallest absolute Gasteiger partial charge is 0.230 e. The van der Waals surface area contributed by atoms with Crippen LogP contribution in [0.5, 0.6) is 5.88 Å². The van der Waals surface area contributed by atoms with Gasteiger partial charge in [-0.25, -0.2) is 4.98 Å². The van der Waals surface area contributed by atoms with Crippen LogP contribution in [0.15, 0.2) is 24.3 Å². The van der Waals surface area contributed by atoms with E-state index in [-0.39, 0.29) is 11.9 Å². The Morgan fingerprint density at radius 1 is 1.23 bits per heavy atom. The van der Waals surface area contributed by atoms with E-state index in [0.717, 1.165) is 48.3 Å². The zero-order chi connectivity index (χ0) is 18.3. The maximum atomic E-state index is 10.9. The first-order valence-corrected chi connectivity index (χ1v) is 9.95. The van der Waals surface area contributed by atoms with E-state index in [1.165, 1.54) is 11.1 Å². The summed E-state index contributed by atoms with van der Waals surface area (Å²) < 4.78 is 1.59. The fourth-order valence-corrected chi connectivity index (χ4v) is 4.70. The van der Waals surface area contributed by atoms with Crippen molar-refractivity contribution in [1.29, 1.82) is 0 Å². The topological polar surface area (TPSA) is 56.9 Å². The molecular weight excluding hydrogens is 346 g/mol. The Morgan fingerprint density at radius 3 is 2.65 bits per heavy atom. The van der Waals surface area contributed by atoms with E-state index in [2.05, 4.69) is 58.1 Å². The molecule has 7 heteroatoms. The summed E-state index contributed by atoms with van der Waals surface area (Å²) in [5, 5.41) is 15.4. The van der Waals surface area contributed by atoms with Gasteiger partial charge in [-0.3, -0.25) is 4.90 Å². The van der Waals surface area contributed by atoms with Crippen molar-refractivity contribution in [2.75, 3.05) is 33.2 Å². The number of nitrogens with zero attached hydrogens (tertiary/aromatic N) is 5. The van der Waals surface area contributed by atoms with Crippen molar-refractivity contribution in [3.05, 3.63) is 46.1 Å². The Kier molecular flexibility index (Phi) is 4.69. The molecule has 1 atom stereocenters. The van der Waals surface area contributed by atoms with Gasteiger partial charge in [-0.05, 0) is 19.5 Å². The third kappa shape index (κ3) is 3.11. The first kappa shape index (κ1) is 17.5. The fourth-order valence-electron chi connectivity index (χ4n) is 3.57. The molecule has 138 valence electrons. The van der Waals surface area contributed by atoms with Crippen molar-refractivity contribution < 1.29 is 5.11 Å². The first-order chi connectivity index (χ1) is 12.6. The van der Waals surface area contributed by atoms with Gasteiger partial charge in [-0.2, -0.15) is 4.52 Å². The summed E-state index contributed by atoms with van der Waals surface area (Å²) in [7, 11) is 2.16. The predicted octanol–water partition coefficient (Wildman–Crippen LogP) is 2.70. The van der Waals surface area contributed by atoms with Crippen LogP contribution < -0.4 is 0 Å². The summed E-state index contributed by atoms with van der Waals surface area (Å²) in [6, 6.07) is 8.61. The zero-order valence-corrected chi connectivity index (χ0v) is 16.3. The normalized spacial score (nSPS) is 17.8. The monoisotopic (exact) mass is 371 g/mol. The van der Waals surface area contributed by atoms with Gasteiger partial charge in [0.05, 0.1) is 10.9 Å². The van der Waals surface area contributed by atoms with Gasteiger partial charge in [0.15, 0.2) is 5.82 Å². The number of aromatic hydroxyl groups is 1. The highest BCUT2D eigenvalue weighted by Gasteiger charge is 2.31. The molecule has 0 spiro atoms. The predicted molar refractivity (Wildman–Crippen MR) is 104 cm³/mol. The van der Waals surface area contributed by atoms with Crippen molar-refractivity contribution >= 4 is 16.3 Å². The molecule has 0 radical (unpaired) electrons. The van der Waals surface area contributed by atoms with E-state index in [4.69, 9.17) is 0 Å². The quantitative estimate of drug-likeness (QED) is 0.764. The average Bonchev–Trinajstić information content (AvgIpc) is 3.17. The number of piperazine rings is 1. The molecule has 0 amide bonds. The number of aromatic nitrogens is 3. The van der Waals surface area contributed by atoms with E-state index in [0.29, 0.717) is 0 Å². The molecule has 3 heterocycles. The van der Waals surface area contributed by atoms with Gasteiger partial charge in [0, 0.05) is 32.6 Å². The summed E-state index contributed by atoms with van der Waals surface area (Å²) in [6.07, 6.45) is 0.767. The summed E-state index contributed by atoms with van der Waals surface area (Å²) in [4.78, 5) is 11.0. The number of hydrogen-bond acceptors (Lipinski definition) is 6. The maximum Gasteiger partial charge on any atom is 0.230 e. The van der Waals surface area contributed by atoms with Crippen LogP contribution in [-0.4, -0.2) is 62.7 Å². The van der Waals surface area contributed by atoms with Crippen LogP contribution >= 0.6 is 11.3 Å². The molecule has 0 bridgehead atoms. The molecule has 1 saturated heterocycles. The minimum Gasteiger partial charge on any atom is -0.492 e. The highest BCUT2D eigenvalue weighted by Crippen LogP contribution is 2.40. The van der Waals surface area contributed by atoms with Gasteiger partial charge < -0.3 is 10.0 Å². The number of aryl methyl sites for hydroxylation is 2. The van der Waals surface area contributed by atoms with Crippen LogP contribution in [0.1, 0.15) is 34.8 Å². The minimum absolute atomic E-state index is 0.0298. The van der Waals surface area contributed by atoms with Gasteiger partial charge >= 0.3 is 0 Å². The van der Waals surface area contributed by atoms with E-state index in [9.17, 15) is 5.11 Å². The lowest BCUT2D eigenvalue weighted by molar-refractivity contribution is 0.127. The Labute approximate surface area is 157 Å². The van der Waals surface area contributed by atoms with Crippen LogP contribution in [0, 0.1) is 6.92 Å². The molecule has 6 nitrogen and oxygen atoms in total. The van der Waals surface area contributed by atoms with Crippen molar-refractivity contribution in [1.82, 2.24) is 24.4 Å². The summed E-state index contributed by atoms with van der Waals surface area (Å²) >= 11 is 1.55. The lowest BCUT2D eigenvalue weighted by atomic mass is 10.0. The molecule has 4 rings (SSSR count). The molecule has 2 aromatic heterocycles. The lowest BCUT2D eigenvalue weighted by Crippen LogP contribution is -2.46. The highest BCUT2D eigenvalue weighted by atomic mass is 32.1. The molecule has 0 saturated carbocycles. The standard InChI is InChI=1S/C19H25N5OS/c1-4-15-20-19-24(21-15)18(25)17(26-19)16(14-7-5-6-13(2)12-14)23-10-8-22(3)9-11-23/h5-7,12,16,25H,4,8-11H2,1-3H3/t16-/m0/s1. The van der Waals surface area contributed by atoms with E-state index in [1.54, 1.807) is 15.9 Å². The molecular formula is C19H25N5OS. The number of thiazole rings is 1. The van der Waals surface area contributed by atoms with Crippen LogP contribution in [-0.2, 0) is 6.42 Å². The van der Waals surface area contributed by atoms with Gasteiger partial charge in [-0.1, -0.05) is 48.1 Å². The second-order valence-electron chi connectivity index (χ2n) is 7.02. The second kappa shape index (κ2) is 6.98. The molecule has 3 aromatic rings. The van der Waals surface area contributed by atoms with Crippen molar-refractivity contribution in [2.24, 2.45) is 0 Å². The third-order valence-corrected chi connectivity index (χ3v) is 6.14. The first-order valence-electron chi connectivity index (χ1n) is 9.13. The van der Waals surface area contributed by atoms with Crippen LogP contribution in [0.4, 0.5) is 0 Å². The molecule has 1 aromatic carbocycles. The third-order valence-electron chi connectivity index (χ3n) is 5.07. The molecule has 1 N–H and O–H groups in total. The Hall–Kier alpha value is -1.96. The summed E-state index contributed by atoms with van der Waals surface area (Å²) in [5.74, 6) is 0.993. The van der Waals surface area contributed by atoms with E-state index >= 15 is 0 Å². The Balaban J connectivity index is 1.79. The molecule has 0 aliphatic carbocycles. The van der Waals surface area contributed by atoms with Crippen LogP contribution in [0.2, 0.25) is 0 Å². The summed E-state index contributed by atoms with van der Waals surface area (Å²) in [6.45, 7) is 8.15. The number of hydrogen-bond donors (Lipinski definition) is 1. The van der Waals surface area contributed by atoms with Crippen LogP contribution in [0.3, 0.4) is 0 Å². The number of fused-ring (bicyclic) bond motifs is 1. The SMILES string of the molecule is CCc1nc2sc([C@H](c3cccc(C)c3)N3CCN(C)CC3)c(O)n2n1. The fraction of sp³-hybridized carbons (Fsp3) is 0.474. The Morgan fingerprint density at radius 2 is 2.00 bits per heavy atom. The minimum atomic E-state index is 0.0298. The zero-order valence-electron chi connectivity index (χ0n) is 15.5. The van der Waals surface area contributed by atoms with Gasteiger partial charge in [0.2, 0.25) is 10.8 Å². The molecule has 26 heavy (non-hydrogen) atoms. The molecule has 1 fully saturated rings. The Bertz CT molecular complexity index is 910. The summed E-state index contributed by atoms with van der Waals surface area (Å²) in [5.41, 5.74) is 2.44. The van der Waals surface area contributed by atoms with E-state index in [1.807, 2.05) is 6.92 Å². The molecule has 0 unspecified atom stereocenters. The van der Waals surface area contributed by atoms with Crippen molar-refractivity contribution in [2.45, 2.75) is 26.3 Å². The van der Waals surface area contributed by atoms with Gasteiger partial charge in [-0.15, -0.1) is 5.10 Å². The molecule has 1 aliphatic rings. The van der Waals surface area contributed by atoms with Crippen molar-refractivity contribution in [3.63, 3.8) is 0 Å². The lowest BCUT2D eigenvalue weighted by Gasteiger charge is -2.37.